The summed E-state index contributed by atoms with van der Waals surface area (Å²) in [5.74, 6) is -1.24. The Labute approximate surface area is 103 Å². The normalized spacial score (nSPS) is 29.5. The molecule has 1 heterocycles. The van der Waals surface area contributed by atoms with Crippen LogP contribution in [0.15, 0.2) is 0 Å². The highest BCUT2D eigenvalue weighted by molar-refractivity contribution is 6.00. The van der Waals surface area contributed by atoms with E-state index in [1.807, 2.05) is 0 Å². The fourth-order valence-electron chi connectivity index (χ4n) is 2.16. The maximum Gasteiger partial charge on any atom is 0.319 e. The van der Waals surface area contributed by atoms with E-state index in [2.05, 4.69) is 6.92 Å². The zero-order valence-corrected chi connectivity index (χ0v) is 11.1. The first-order chi connectivity index (χ1) is 7.95. The van der Waals surface area contributed by atoms with Crippen molar-refractivity contribution in [1.82, 2.24) is 0 Å². The van der Waals surface area contributed by atoms with Gasteiger partial charge in [0.2, 0.25) is 0 Å². The molecule has 0 aliphatic carbocycles. The maximum atomic E-state index is 11.9. The molecule has 0 aromatic rings. The van der Waals surface area contributed by atoms with Crippen LogP contribution < -0.4 is 0 Å². The lowest BCUT2D eigenvalue weighted by atomic mass is 9.90. The van der Waals surface area contributed by atoms with Gasteiger partial charge in [0.05, 0.1) is 18.3 Å². The molecule has 98 valence electrons. The minimum absolute atomic E-state index is 0.0365. The molecule has 0 spiro atoms. The number of carbonyl (C=O) groups excluding carboxylic acids is 2. The van der Waals surface area contributed by atoms with E-state index in [9.17, 15) is 9.59 Å². The molecule has 0 aromatic heterocycles. The van der Waals surface area contributed by atoms with Crippen LogP contribution in [-0.2, 0) is 19.1 Å². The van der Waals surface area contributed by atoms with E-state index in [1.165, 1.54) is 0 Å². The quantitative estimate of drug-likeness (QED) is 0.559. The van der Waals surface area contributed by atoms with E-state index in [1.54, 1.807) is 20.8 Å². The van der Waals surface area contributed by atoms with Gasteiger partial charge >= 0.3 is 5.97 Å². The minimum atomic E-state index is -0.745. The van der Waals surface area contributed by atoms with E-state index in [4.69, 9.17) is 9.47 Å². The number of carbonyl (C=O) groups is 2. The van der Waals surface area contributed by atoms with Gasteiger partial charge in [0, 0.05) is 6.42 Å². The van der Waals surface area contributed by atoms with Crippen LogP contribution in [0.1, 0.15) is 47.0 Å². The third kappa shape index (κ3) is 3.80. The highest BCUT2D eigenvalue weighted by Crippen LogP contribution is 2.25. The van der Waals surface area contributed by atoms with Crippen LogP contribution in [0.2, 0.25) is 0 Å². The number of Topliss-reactive ketones (excluding diaryl/α,β-unsaturated/α-hetero) is 1. The van der Waals surface area contributed by atoms with Crippen molar-refractivity contribution in [2.24, 2.45) is 5.92 Å². The number of ether oxygens (including phenoxy) is 2. The minimum Gasteiger partial charge on any atom is -0.462 e. The lowest BCUT2D eigenvalue weighted by molar-refractivity contribution is -0.170. The van der Waals surface area contributed by atoms with Gasteiger partial charge in [-0.1, -0.05) is 13.3 Å². The van der Waals surface area contributed by atoms with Crippen molar-refractivity contribution in [3.63, 3.8) is 0 Å². The van der Waals surface area contributed by atoms with Crippen LogP contribution in [0.25, 0.3) is 0 Å². The van der Waals surface area contributed by atoms with Gasteiger partial charge in [-0.3, -0.25) is 9.59 Å². The highest BCUT2D eigenvalue weighted by Gasteiger charge is 2.40. The second-order valence-electron chi connectivity index (χ2n) is 4.89. The molecule has 1 fully saturated rings. The van der Waals surface area contributed by atoms with E-state index in [0.29, 0.717) is 6.42 Å². The number of rotatable bonds is 4. The van der Waals surface area contributed by atoms with Crippen molar-refractivity contribution in [1.29, 1.82) is 0 Å². The van der Waals surface area contributed by atoms with E-state index in [0.717, 1.165) is 12.8 Å². The summed E-state index contributed by atoms with van der Waals surface area (Å²) in [6.45, 7) is 7.37. The summed E-state index contributed by atoms with van der Waals surface area (Å²) in [5, 5.41) is 0. The summed E-state index contributed by atoms with van der Waals surface area (Å²) >= 11 is 0. The third-order valence-corrected chi connectivity index (χ3v) is 2.87. The molecule has 0 aromatic carbocycles. The van der Waals surface area contributed by atoms with Gasteiger partial charge in [0.1, 0.15) is 5.92 Å². The Balaban J connectivity index is 2.63. The molecule has 3 atom stereocenters. The van der Waals surface area contributed by atoms with Gasteiger partial charge < -0.3 is 9.47 Å². The predicted molar refractivity (Wildman–Crippen MR) is 63.6 cm³/mol. The lowest BCUT2D eigenvalue weighted by Crippen LogP contribution is -2.45. The van der Waals surface area contributed by atoms with Crippen LogP contribution in [-0.4, -0.2) is 30.1 Å². The van der Waals surface area contributed by atoms with Gasteiger partial charge in [-0.25, -0.2) is 0 Å². The molecular weight excluding hydrogens is 220 g/mol. The molecule has 1 aliphatic rings. The molecule has 1 saturated heterocycles. The summed E-state index contributed by atoms with van der Waals surface area (Å²) in [4.78, 5) is 23.7. The van der Waals surface area contributed by atoms with Crippen LogP contribution >= 0.6 is 0 Å². The molecule has 0 saturated carbocycles. The van der Waals surface area contributed by atoms with Crippen molar-refractivity contribution in [3.8, 4) is 0 Å². The molecular formula is C13H22O4. The number of hydrogen-bond acceptors (Lipinski definition) is 4. The van der Waals surface area contributed by atoms with Gasteiger partial charge in [-0.15, -0.1) is 0 Å². The van der Waals surface area contributed by atoms with Crippen LogP contribution in [0, 0.1) is 5.92 Å². The van der Waals surface area contributed by atoms with Gasteiger partial charge in [-0.05, 0) is 27.2 Å². The average Bonchev–Trinajstić information content (AvgIpc) is 2.15. The molecule has 1 rings (SSSR count). The molecule has 4 heteroatoms. The van der Waals surface area contributed by atoms with Crippen LogP contribution in [0.3, 0.4) is 0 Å². The maximum absolute atomic E-state index is 11.9. The van der Waals surface area contributed by atoms with E-state index in [-0.39, 0.29) is 24.1 Å². The summed E-state index contributed by atoms with van der Waals surface area (Å²) in [7, 11) is 0. The Morgan fingerprint density at radius 3 is 2.65 bits per heavy atom. The standard InChI is InChI=1S/C13H22O4/c1-5-6-10-7-11(14)12(9(4)17-10)13(15)16-8(2)3/h8-10,12H,5-7H2,1-4H3/t9-,10+,12-/m0/s1. The molecule has 0 unspecified atom stereocenters. The summed E-state index contributed by atoms with van der Waals surface area (Å²) < 4.78 is 10.8. The smallest absolute Gasteiger partial charge is 0.319 e. The largest absolute Gasteiger partial charge is 0.462 e. The van der Waals surface area contributed by atoms with Gasteiger partial charge in [0.15, 0.2) is 5.78 Å². The van der Waals surface area contributed by atoms with E-state index < -0.39 is 11.9 Å². The van der Waals surface area contributed by atoms with Gasteiger partial charge in [-0.2, -0.15) is 0 Å². The fraction of sp³-hybridized carbons (Fsp3) is 0.846. The number of ketones is 1. The van der Waals surface area contributed by atoms with Crippen molar-refractivity contribution in [3.05, 3.63) is 0 Å². The molecule has 0 bridgehead atoms. The molecule has 0 N–H and O–H groups in total. The summed E-state index contributed by atoms with van der Waals surface area (Å²) in [5.41, 5.74) is 0. The highest BCUT2D eigenvalue weighted by atomic mass is 16.5. The SMILES string of the molecule is CCC[C@@H]1CC(=O)[C@@H](C(=O)OC(C)C)[C@H](C)O1. The Kier molecular flexibility index (Phi) is 5.12. The van der Waals surface area contributed by atoms with Crippen molar-refractivity contribution >= 4 is 11.8 Å². The number of hydrogen-bond donors (Lipinski definition) is 0. The van der Waals surface area contributed by atoms with Crippen LogP contribution in [0.4, 0.5) is 0 Å². The van der Waals surface area contributed by atoms with Gasteiger partial charge in [0.25, 0.3) is 0 Å². The molecule has 1 aliphatic heterocycles. The van der Waals surface area contributed by atoms with Crippen molar-refractivity contribution in [2.75, 3.05) is 0 Å². The number of esters is 1. The Morgan fingerprint density at radius 2 is 2.18 bits per heavy atom. The predicted octanol–water partition coefficient (Wildman–Crippen LogP) is 2.10. The molecule has 0 amide bonds. The summed E-state index contributed by atoms with van der Waals surface area (Å²) in [6, 6.07) is 0. The Morgan fingerprint density at radius 1 is 1.53 bits per heavy atom. The lowest BCUT2D eigenvalue weighted by Gasteiger charge is -2.32. The second kappa shape index (κ2) is 6.15. The Bertz CT molecular complexity index is 285. The molecule has 0 radical (unpaired) electrons. The zero-order chi connectivity index (χ0) is 13.0. The first kappa shape index (κ1) is 14.2. The fourth-order valence-corrected chi connectivity index (χ4v) is 2.16. The second-order valence-corrected chi connectivity index (χ2v) is 4.89. The van der Waals surface area contributed by atoms with Crippen molar-refractivity contribution < 1.29 is 19.1 Å². The van der Waals surface area contributed by atoms with E-state index >= 15 is 0 Å². The molecule has 17 heavy (non-hydrogen) atoms. The first-order valence-electron chi connectivity index (χ1n) is 6.34. The zero-order valence-electron chi connectivity index (χ0n) is 11.1. The third-order valence-electron chi connectivity index (χ3n) is 2.87. The monoisotopic (exact) mass is 242 g/mol. The molecule has 4 nitrogen and oxygen atoms in total. The van der Waals surface area contributed by atoms with Crippen molar-refractivity contribution in [2.45, 2.75) is 65.3 Å². The summed E-state index contributed by atoms with van der Waals surface area (Å²) in [6.07, 6.45) is 1.56. The Hall–Kier alpha value is -0.900. The van der Waals surface area contributed by atoms with Crippen LogP contribution in [0.5, 0.6) is 0 Å². The topological polar surface area (TPSA) is 52.6 Å². The average molecular weight is 242 g/mol. The first-order valence-corrected chi connectivity index (χ1v) is 6.34.